The van der Waals surface area contributed by atoms with Crippen LogP contribution in [0.25, 0.3) is 0 Å². The molecule has 0 aliphatic heterocycles. The van der Waals surface area contributed by atoms with Crippen LogP contribution in [0.15, 0.2) is 78.9 Å². The largest absolute Gasteiger partial charge is 0.455 e. The van der Waals surface area contributed by atoms with Crippen LogP contribution in [0.3, 0.4) is 0 Å². The molecule has 3 rings (SSSR count). The van der Waals surface area contributed by atoms with Gasteiger partial charge < -0.3 is 10.1 Å². The molecule has 0 saturated carbocycles. The lowest BCUT2D eigenvalue weighted by Gasteiger charge is -2.12. The van der Waals surface area contributed by atoms with Gasteiger partial charge in [-0.15, -0.1) is 0 Å². The highest BCUT2D eigenvalue weighted by molar-refractivity contribution is 6.30. The molecule has 3 nitrogen and oxygen atoms in total. The monoisotopic (exact) mass is 351 g/mol. The number of halogens is 1. The molecule has 0 bridgehead atoms. The van der Waals surface area contributed by atoms with E-state index in [1.807, 2.05) is 78.9 Å². The second-order valence-corrected chi connectivity index (χ2v) is 6.02. The van der Waals surface area contributed by atoms with Crippen LogP contribution in [0, 0.1) is 0 Å². The van der Waals surface area contributed by atoms with Crippen molar-refractivity contribution in [3.05, 3.63) is 89.4 Å². The molecule has 0 aliphatic carbocycles. The van der Waals surface area contributed by atoms with Crippen LogP contribution in [0.1, 0.15) is 12.0 Å². The Morgan fingerprint density at radius 2 is 1.56 bits per heavy atom. The molecular weight excluding hydrogens is 334 g/mol. The van der Waals surface area contributed by atoms with Gasteiger partial charge in [-0.2, -0.15) is 0 Å². The van der Waals surface area contributed by atoms with Gasteiger partial charge in [-0.1, -0.05) is 54.1 Å². The van der Waals surface area contributed by atoms with Crippen LogP contribution in [0.2, 0.25) is 5.02 Å². The Morgan fingerprint density at radius 3 is 2.32 bits per heavy atom. The number of amides is 1. The molecule has 126 valence electrons. The van der Waals surface area contributed by atoms with Crippen LogP contribution in [-0.4, -0.2) is 5.91 Å². The van der Waals surface area contributed by atoms with Gasteiger partial charge in [-0.3, -0.25) is 4.79 Å². The molecule has 25 heavy (non-hydrogen) atoms. The molecular formula is C21H18ClNO2. The summed E-state index contributed by atoms with van der Waals surface area (Å²) in [5.41, 5.74) is 1.74. The van der Waals surface area contributed by atoms with Gasteiger partial charge in [0.15, 0.2) is 5.75 Å². The highest BCUT2D eigenvalue weighted by Crippen LogP contribution is 2.29. The van der Waals surface area contributed by atoms with E-state index in [4.69, 9.17) is 16.3 Å². The minimum Gasteiger partial charge on any atom is -0.455 e. The zero-order valence-electron chi connectivity index (χ0n) is 13.6. The Bertz CT molecular complexity index is 832. The van der Waals surface area contributed by atoms with Crippen molar-refractivity contribution in [3.8, 4) is 11.5 Å². The maximum absolute atomic E-state index is 12.3. The molecule has 0 aromatic heterocycles. The van der Waals surface area contributed by atoms with Crippen molar-refractivity contribution in [3.63, 3.8) is 0 Å². The SMILES string of the molecule is O=C(CCc1ccc(Cl)cc1)Nc1ccccc1Oc1ccccc1. The minimum absolute atomic E-state index is 0.0564. The van der Waals surface area contributed by atoms with E-state index in [0.29, 0.717) is 29.3 Å². The zero-order valence-corrected chi connectivity index (χ0v) is 14.4. The Labute approximate surface area is 152 Å². The maximum atomic E-state index is 12.3. The first-order valence-electron chi connectivity index (χ1n) is 8.07. The van der Waals surface area contributed by atoms with E-state index in [-0.39, 0.29) is 5.91 Å². The van der Waals surface area contributed by atoms with Crippen LogP contribution in [0.5, 0.6) is 11.5 Å². The van der Waals surface area contributed by atoms with Crippen LogP contribution in [-0.2, 0) is 11.2 Å². The predicted octanol–water partition coefficient (Wildman–Crippen LogP) is 5.70. The van der Waals surface area contributed by atoms with Gasteiger partial charge >= 0.3 is 0 Å². The van der Waals surface area contributed by atoms with Crippen LogP contribution < -0.4 is 10.1 Å². The molecule has 1 amide bonds. The first-order valence-corrected chi connectivity index (χ1v) is 8.45. The van der Waals surface area contributed by atoms with E-state index < -0.39 is 0 Å². The van der Waals surface area contributed by atoms with Gasteiger partial charge in [0, 0.05) is 11.4 Å². The standard InChI is InChI=1S/C21H18ClNO2/c22-17-13-10-16(11-14-17)12-15-21(24)23-19-8-4-5-9-20(19)25-18-6-2-1-3-7-18/h1-11,13-14H,12,15H2,(H,23,24). The van der Waals surface area contributed by atoms with Gasteiger partial charge in [0.2, 0.25) is 5.91 Å². The molecule has 3 aromatic carbocycles. The van der Waals surface area contributed by atoms with Crippen molar-refractivity contribution in [1.82, 2.24) is 0 Å². The van der Waals surface area contributed by atoms with Crippen molar-refractivity contribution >= 4 is 23.2 Å². The molecule has 0 saturated heterocycles. The summed E-state index contributed by atoms with van der Waals surface area (Å²) in [6, 6.07) is 24.4. The summed E-state index contributed by atoms with van der Waals surface area (Å²) in [6.45, 7) is 0. The van der Waals surface area contributed by atoms with Crippen molar-refractivity contribution < 1.29 is 9.53 Å². The summed E-state index contributed by atoms with van der Waals surface area (Å²) < 4.78 is 5.86. The number of ether oxygens (including phenoxy) is 1. The van der Waals surface area contributed by atoms with Crippen molar-refractivity contribution in [2.45, 2.75) is 12.8 Å². The van der Waals surface area contributed by atoms with Crippen molar-refractivity contribution in [1.29, 1.82) is 0 Å². The summed E-state index contributed by atoms with van der Waals surface area (Å²) in [7, 11) is 0. The normalized spacial score (nSPS) is 10.3. The molecule has 0 atom stereocenters. The molecule has 0 unspecified atom stereocenters. The topological polar surface area (TPSA) is 38.3 Å². The molecule has 0 radical (unpaired) electrons. The van der Waals surface area contributed by atoms with E-state index in [1.165, 1.54) is 0 Å². The lowest BCUT2D eigenvalue weighted by atomic mass is 10.1. The van der Waals surface area contributed by atoms with E-state index >= 15 is 0 Å². The third-order valence-electron chi connectivity index (χ3n) is 3.69. The summed E-state index contributed by atoms with van der Waals surface area (Å²) in [4.78, 5) is 12.3. The number of para-hydroxylation sites is 3. The summed E-state index contributed by atoms with van der Waals surface area (Å²) in [5.74, 6) is 1.29. The Morgan fingerprint density at radius 1 is 0.880 bits per heavy atom. The summed E-state index contributed by atoms with van der Waals surface area (Å²) >= 11 is 5.87. The number of anilines is 1. The molecule has 4 heteroatoms. The zero-order chi connectivity index (χ0) is 17.5. The average Bonchev–Trinajstić information content (AvgIpc) is 2.64. The maximum Gasteiger partial charge on any atom is 0.224 e. The minimum atomic E-state index is -0.0564. The molecule has 3 aromatic rings. The van der Waals surface area contributed by atoms with Gasteiger partial charge in [-0.25, -0.2) is 0 Å². The van der Waals surface area contributed by atoms with Crippen molar-refractivity contribution in [2.75, 3.05) is 5.32 Å². The average molecular weight is 352 g/mol. The number of rotatable bonds is 6. The highest BCUT2D eigenvalue weighted by atomic mass is 35.5. The number of carbonyl (C=O) groups is 1. The lowest BCUT2D eigenvalue weighted by Crippen LogP contribution is -2.13. The first kappa shape index (κ1) is 17.1. The number of benzene rings is 3. The fraction of sp³-hybridized carbons (Fsp3) is 0.0952. The van der Waals surface area contributed by atoms with E-state index in [9.17, 15) is 4.79 Å². The number of aryl methyl sites for hydroxylation is 1. The number of hydrogen-bond acceptors (Lipinski definition) is 2. The number of nitrogens with one attached hydrogen (secondary N) is 1. The second kappa shape index (κ2) is 8.36. The molecule has 0 spiro atoms. The Kier molecular flexibility index (Phi) is 5.70. The van der Waals surface area contributed by atoms with Crippen LogP contribution in [0.4, 0.5) is 5.69 Å². The van der Waals surface area contributed by atoms with E-state index in [2.05, 4.69) is 5.32 Å². The third-order valence-corrected chi connectivity index (χ3v) is 3.94. The quantitative estimate of drug-likeness (QED) is 0.618. The third kappa shape index (κ3) is 5.10. The fourth-order valence-corrected chi connectivity index (χ4v) is 2.52. The second-order valence-electron chi connectivity index (χ2n) is 5.59. The van der Waals surface area contributed by atoms with E-state index in [1.54, 1.807) is 0 Å². The Hall–Kier alpha value is -2.78. The van der Waals surface area contributed by atoms with Gasteiger partial charge in [0.05, 0.1) is 5.69 Å². The smallest absolute Gasteiger partial charge is 0.224 e. The summed E-state index contributed by atoms with van der Waals surface area (Å²) in [6.07, 6.45) is 1.05. The molecule has 1 N–H and O–H groups in total. The highest BCUT2D eigenvalue weighted by Gasteiger charge is 2.08. The van der Waals surface area contributed by atoms with Crippen molar-refractivity contribution in [2.24, 2.45) is 0 Å². The molecule has 0 heterocycles. The first-order chi connectivity index (χ1) is 12.2. The van der Waals surface area contributed by atoms with E-state index in [0.717, 1.165) is 11.3 Å². The van der Waals surface area contributed by atoms with Crippen LogP contribution >= 0.6 is 11.6 Å². The summed E-state index contributed by atoms with van der Waals surface area (Å²) in [5, 5.41) is 3.62. The molecule has 0 fully saturated rings. The fourth-order valence-electron chi connectivity index (χ4n) is 2.40. The van der Waals surface area contributed by atoms with Gasteiger partial charge in [0.25, 0.3) is 0 Å². The number of carbonyl (C=O) groups excluding carboxylic acids is 1. The lowest BCUT2D eigenvalue weighted by molar-refractivity contribution is -0.116. The molecule has 0 aliphatic rings. The van der Waals surface area contributed by atoms with Gasteiger partial charge in [0.1, 0.15) is 5.75 Å². The van der Waals surface area contributed by atoms with Gasteiger partial charge in [-0.05, 0) is 48.4 Å². The number of hydrogen-bond donors (Lipinski definition) is 1. The Balaban J connectivity index is 1.62. The predicted molar refractivity (Wildman–Crippen MR) is 101 cm³/mol.